The van der Waals surface area contributed by atoms with E-state index in [0.717, 1.165) is 4.90 Å². The topological polar surface area (TPSA) is 186 Å². The number of nitrogens with zero attached hydrogens (tertiary/aromatic N) is 1. The van der Waals surface area contributed by atoms with E-state index in [0.29, 0.717) is 0 Å². The van der Waals surface area contributed by atoms with Crippen molar-refractivity contribution < 1.29 is 39.0 Å². The van der Waals surface area contributed by atoms with E-state index in [4.69, 9.17) is 9.94 Å². The third-order valence-electron chi connectivity index (χ3n) is 4.63. The van der Waals surface area contributed by atoms with Crippen LogP contribution in [-0.2, 0) is 23.9 Å². The van der Waals surface area contributed by atoms with Gasteiger partial charge >= 0.3 is 6.09 Å². The molecule has 0 aromatic heterocycles. The van der Waals surface area contributed by atoms with E-state index in [2.05, 4.69) is 16.0 Å². The maximum Gasteiger partial charge on any atom is 0.408 e. The summed E-state index contributed by atoms with van der Waals surface area (Å²) in [5.41, 5.74) is 0.638. The summed E-state index contributed by atoms with van der Waals surface area (Å²) < 4.78 is 5.07. The summed E-state index contributed by atoms with van der Waals surface area (Å²) in [6.45, 7) is 7.84. The van der Waals surface area contributed by atoms with Crippen molar-refractivity contribution in [3.63, 3.8) is 0 Å². The number of rotatable bonds is 9. The van der Waals surface area contributed by atoms with Crippen LogP contribution in [0.3, 0.4) is 0 Å². The lowest BCUT2D eigenvalue weighted by Gasteiger charge is -2.28. The Morgan fingerprint density at radius 2 is 1.73 bits per heavy atom. The van der Waals surface area contributed by atoms with Crippen molar-refractivity contribution in [3.8, 4) is 0 Å². The molecule has 1 saturated heterocycles. The van der Waals surface area contributed by atoms with Crippen LogP contribution >= 0.6 is 0 Å². The molecule has 0 saturated carbocycles. The Balaban J connectivity index is 2.81. The quantitative estimate of drug-likeness (QED) is 0.175. The molecule has 1 aliphatic rings. The molecule has 1 rings (SSSR count). The van der Waals surface area contributed by atoms with Gasteiger partial charge in [-0.25, -0.2) is 10.3 Å². The van der Waals surface area contributed by atoms with Crippen LogP contribution in [0, 0.1) is 5.92 Å². The Morgan fingerprint density at radius 1 is 1.09 bits per heavy atom. The number of likely N-dealkylation sites (tertiary alicyclic amines) is 1. The molecule has 0 radical (unpaired) electrons. The van der Waals surface area contributed by atoms with Gasteiger partial charge in [0.15, 0.2) is 0 Å². The minimum atomic E-state index is -1.25. The molecule has 5 amide bonds. The average molecular weight is 474 g/mol. The second kappa shape index (κ2) is 12.3. The molecule has 1 fully saturated rings. The summed E-state index contributed by atoms with van der Waals surface area (Å²) in [6, 6.07) is -2.28. The van der Waals surface area contributed by atoms with Crippen molar-refractivity contribution in [1.29, 1.82) is 0 Å². The Hall–Kier alpha value is -2.93. The molecule has 0 aliphatic carbocycles. The minimum Gasteiger partial charge on any atom is -0.444 e. The fraction of sp³-hybridized carbons (Fsp3) is 0.750. The Labute approximate surface area is 192 Å². The minimum absolute atomic E-state index is 0.00279. The smallest absolute Gasteiger partial charge is 0.408 e. The first-order valence-corrected chi connectivity index (χ1v) is 10.7. The molecule has 0 bridgehead atoms. The van der Waals surface area contributed by atoms with E-state index in [1.165, 1.54) is 5.48 Å². The standard InChI is InChI=1S/C20H35N5O8/c1-11(2)8-12(17(29)21-9-14(27)24-32)23-18(30)16-13(26)6-7-25(16)15(28)10-22-19(31)33-20(3,4)5/h11-13,16,26,32H,6-10H2,1-5H3,(H,21,29)(H,22,31)(H,23,30)(H,24,27)/t12-,13?,16-/m0/s1. The highest BCUT2D eigenvalue weighted by Crippen LogP contribution is 2.19. The summed E-state index contributed by atoms with van der Waals surface area (Å²) >= 11 is 0. The molecular formula is C20H35N5O8. The molecule has 3 atom stereocenters. The van der Waals surface area contributed by atoms with Gasteiger partial charge in [-0.05, 0) is 39.5 Å². The Kier molecular flexibility index (Phi) is 10.5. The maximum absolute atomic E-state index is 12.9. The number of hydrogen-bond donors (Lipinski definition) is 6. The number of alkyl carbamates (subject to hydrolysis) is 1. The van der Waals surface area contributed by atoms with Gasteiger partial charge < -0.3 is 30.7 Å². The van der Waals surface area contributed by atoms with Gasteiger partial charge in [-0.3, -0.25) is 24.4 Å². The third-order valence-corrected chi connectivity index (χ3v) is 4.63. The Bertz CT molecular complexity index is 736. The molecule has 33 heavy (non-hydrogen) atoms. The normalized spacial score (nSPS) is 19.0. The van der Waals surface area contributed by atoms with E-state index in [1.807, 2.05) is 13.8 Å². The van der Waals surface area contributed by atoms with E-state index < -0.39 is 66.6 Å². The lowest BCUT2D eigenvalue weighted by atomic mass is 10.0. The third kappa shape index (κ3) is 9.61. The van der Waals surface area contributed by atoms with Crippen LogP contribution in [0.15, 0.2) is 0 Å². The van der Waals surface area contributed by atoms with Gasteiger partial charge in [0.2, 0.25) is 17.7 Å². The number of aliphatic hydroxyl groups excluding tert-OH is 1. The first-order chi connectivity index (χ1) is 15.2. The van der Waals surface area contributed by atoms with Crippen LogP contribution in [0.2, 0.25) is 0 Å². The highest BCUT2D eigenvalue weighted by atomic mass is 16.6. The second-order valence-corrected chi connectivity index (χ2v) is 9.19. The van der Waals surface area contributed by atoms with Crippen LogP contribution in [0.5, 0.6) is 0 Å². The van der Waals surface area contributed by atoms with E-state index >= 15 is 0 Å². The van der Waals surface area contributed by atoms with E-state index in [9.17, 15) is 29.1 Å². The fourth-order valence-electron chi connectivity index (χ4n) is 3.23. The van der Waals surface area contributed by atoms with Gasteiger partial charge in [0, 0.05) is 6.54 Å². The predicted molar refractivity (Wildman–Crippen MR) is 115 cm³/mol. The molecule has 1 unspecified atom stereocenters. The maximum atomic E-state index is 12.9. The zero-order valence-electron chi connectivity index (χ0n) is 19.6. The molecule has 6 N–H and O–H groups in total. The highest BCUT2D eigenvalue weighted by molar-refractivity contribution is 5.94. The van der Waals surface area contributed by atoms with Crippen LogP contribution in [0.25, 0.3) is 0 Å². The lowest BCUT2D eigenvalue weighted by molar-refractivity contribution is -0.141. The number of amides is 5. The van der Waals surface area contributed by atoms with Gasteiger partial charge in [-0.15, -0.1) is 0 Å². The van der Waals surface area contributed by atoms with Gasteiger partial charge in [-0.2, -0.15) is 0 Å². The SMILES string of the molecule is CC(C)C[C@H](NC(=O)[C@@H]1C(O)CCN1C(=O)CNC(=O)OC(C)(C)C)C(=O)NCC(=O)NO. The number of hydrogen-bond acceptors (Lipinski definition) is 8. The molecule has 13 nitrogen and oxygen atoms in total. The summed E-state index contributed by atoms with van der Waals surface area (Å²) in [5, 5.41) is 26.0. The lowest BCUT2D eigenvalue weighted by Crippen LogP contribution is -2.57. The van der Waals surface area contributed by atoms with Gasteiger partial charge in [0.25, 0.3) is 5.91 Å². The summed E-state index contributed by atoms with van der Waals surface area (Å²) in [6.07, 6.45) is -1.57. The largest absolute Gasteiger partial charge is 0.444 e. The van der Waals surface area contributed by atoms with Gasteiger partial charge in [0.05, 0.1) is 12.6 Å². The highest BCUT2D eigenvalue weighted by Gasteiger charge is 2.42. The first kappa shape index (κ1) is 28.1. The zero-order valence-corrected chi connectivity index (χ0v) is 19.6. The van der Waals surface area contributed by atoms with E-state index in [1.54, 1.807) is 20.8 Å². The number of hydroxylamine groups is 1. The number of carbonyl (C=O) groups excluding carboxylic acids is 5. The molecule has 1 aliphatic heterocycles. The average Bonchev–Trinajstić information content (AvgIpc) is 3.09. The first-order valence-electron chi connectivity index (χ1n) is 10.7. The van der Waals surface area contributed by atoms with Crippen LogP contribution < -0.4 is 21.4 Å². The van der Waals surface area contributed by atoms with Crippen molar-refractivity contribution in [2.75, 3.05) is 19.6 Å². The molecule has 188 valence electrons. The fourth-order valence-corrected chi connectivity index (χ4v) is 3.23. The number of aliphatic hydroxyl groups is 1. The van der Waals surface area contributed by atoms with Crippen molar-refractivity contribution in [2.45, 2.75) is 71.2 Å². The van der Waals surface area contributed by atoms with Crippen molar-refractivity contribution in [1.82, 2.24) is 26.3 Å². The van der Waals surface area contributed by atoms with Crippen LogP contribution in [0.1, 0.15) is 47.5 Å². The monoisotopic (exact) mass is 473 g/mol. The molecule has 0 aromatic carbocycles. The second-order valence-electron chi connectivity index (χ2n) is 9.19. The summed E-state index contributed by atoms with van der Waals surface area (Å²) in [4.78, 5) is 62.0. The number of carbonyl (C=O) groups is 5. The zero-order chi connectivity index (χ0) is 25.3. The van der Waals surface area contributed by atoms with Crippen LogP contribution in [-0.4, -0.2) is 88.4 Å². The van der Waals surface area contributed by atoms with Crippen LogP contribution in [0.4, 0.5) is 4.79 Å². The Morgan fingerprint density at radius 3 is 2.27 bits per heavy atom. The summed E-state index contributed by atoms with van der Waals surface area (Å²) in [7, 11) is 0. The van der Waals surface area contributed by atoms with Crippen molar-refractivity contribution in [2.24, 2.45) is 5.92 Å². The molecule has 0 aromatic rings. The van der Waals surface area contributed by atoms with E-state index in [-0.39, 0.29) is 25.3 Å². The molecule has 1 heterocycles. The molecular weight excluding hydrogens is 438 g/mol. The number of ether oxygens (including phenoxy) is 1. The molecule has 13 heteroatoms. The van der Waals surface area contributed by atoms with Gasteiger partial charge in [0.1, 0.15) is 24.2 Å². The molecule has 0 spiro atoms. The van der Waals surface area contributed by atoms with Crippen molar-refractivity contribution in [3.05, 3.63) is 0 Å². The summed E-state index contributed by atoms with van der Waals surface area (Å²) in [5.74, 6) is -2.83. The van der Waals surface area contributed by atoms with Crippen molar-refractivity contribution >= 4 is 29.7 Å². The predicted octanol–water partition coefficient (Wildman–Crippen LogP) is -1.37. The number of nitrogens with one attached hydrogen (secondary N) is 4. The van der Waals surface area contributed by atoms with Gasteiger partial charge in [-0.1, -0.05) is 13.8 Å².